The second-order valence-corrected chi connectivity index (χ2v) is 9.05. The van der Waals surface area contributed by atoms with Gasteiger partial charge in [-0.15, -0.1) is 0 Å². The smallest absolute Gasteiger partial charge is 0.363 e. The van der Waals surface area contributed by atoms with Gasteiger partial charge in [-0.3, -0.25) is 0 Å². The Morgan fingerprint density at radius 3 is 2.14 bits per heavy atom. The Morgan fingerprint density at radius 2 is 1.46 bits per heavy atom. The molecule has 0 amide bonds. The van der Waals surface area contributed by atoms with E-state index in [2.05, 4.69) is 4.99 Å². The number of rotatable bonds is 8. The summed E-state index contributed by atoms with van der Waals surface area (Å²) in [5.41, 5.74) is 3.32. The summed E-state index contributed by atoms with van der Waals surface area (Å²) >= 11 is 12.3. The van der Waals surface area contributed by atoms with Crippen molar-refractivity contribution in [3.05, 3.63) is 135 Å². The van der Waals surface area contributed by atoms with E-state index in [9.17, 15) is 4.79 Å². The lowest BCUT2D eigenvalue weighted by Gasteiger charge is -2.13. The number of nitrogens with zero attached hydrogens (tertiary/aromatic N) is 1. The third kappa shape index (κ3) is 6.20. The molecule has 0 unspecified atom stereocenters. The summed E-state index contributed by atoms with van der Waals surface area (Å²) in [5, 5.41) is 0.816. The lowest BCUT2D eigenvalue weighted by Crippen LogP contribution is -2.06. The second-order valence-electron chi connectivity index (χ2n) is 8.21. The number of halogens is 2. The zero-order chi connectivity index (χ0) is 25.6. The molecule has 0 atom stereocenters. The fraction of sp³-hybridized carbons (Fsp3) is 0.0667. The van der Waals surface area contributed by atoms with Crippen LogP contribution in [0, 0.1) is 0 Å². The summed E-state index contributed by atoms with van der Waals surface area (Å²) in [4.78, 5) is 17.0. The van der Waals surface area contributed by atoms with Crippen molar-refractivity contribution in [2.75, 3.05) is 0 Å². The third-order valence-corrected chi connectivity index (χ3v) is 6.09. The highest BCUT2D eigenvalue weighted by atomic mass is 35.5. The Labute approximate surface area is 224 Å². The molecule has 4 aromatic rings. The fourth-order valence-electron chi connectivity index (χ4n) is 3.66. The van der Waals surface area contributed by atoms with Crippen LogP contribution in [0.1, 0.15) is 22.3 Å². The van der Waals surface area contributed by atoms with Crippen LogP contribution >= 0.6 is 23.2 Å². The normalized spacial score (nSPS) is 13.8. The molecule has 0 spiro atoms. The van der Waals surface area contributed by atoms with E-state index < -0.39 is 5.97 Å². The van der Waals surface area contributed by atoms with Crippen LogP contribution < -0.4 is 9.47 Å². The van der Waals surface area contributed by atoms with Gasteiger partial charge in [0.1, 0.15) is 24.7 Å². The average Bonchev–Trinajstić information content (AvgIpc) is 3.27. The molecule has 0 bridgehead atoms. The molecule has 0 saturated carbocycles. The van der Waals surface area contributed by atoms with Gasteiger partial charge in [0.25, 0.3) is 0 Å². The van der Waals surface area contributed by atoms with Gasteiger partial charge in [0.15, 0.2) is 5.70 Å². The molecule has 0 fully saturated rings. The Hall–Kier alpha value is -4.06. The number of hydrogen-bond acceptors (Lipinski definition) is 5. The van der Waals surface area contributed by atoms with Crippen LogP contribution in [-0.2, 0) is 22.7 Å². The molecule has 0 aliphatic carbocycles. The van der Waals surface area contributed by atoms with Gasteiger partial charge in [0.05, 0.1) is 10.6 Å². The first-order valence-electron chi connectivity index (χ1n) is 11.5. The van der Waals surface area contributed by atoms with E-state index >= 15 is 0 Å². The number of benzene rings is 4. The van der Waals surface area contributed by atoms with Gasteiger partial charge in [-0.1, -0.05) is 83.9 Å². The van der Waals surface area contributed by atoms with Crippen molar-refractivity contribution < 1.29 is 19.0 Å². The average molecular weight is 530 g/mol. The first-order chi connectivity index (χ1) is 18.0. The summed E-state index contributed by atoms with van der Waals surface area (Å²) in [5.74, 6) is 0.718. The van der Waals surface area contributed by atoms with Crippen molar-refractivity contribution in [2.24, 2.45) is 4.99 Å². The van der Waals surface area contributed by atoms with Gasteiger partial charge < -0.3 is 14.2 Å². The Bertz CT molecular complexity index is 1480. The van der Waals surface area contributed by atoms with E-state index in [1.165, 1.54) is 0 Å². The van der Waals surface area contributed by atoms with Crippen molar-refractivity contribution in [2.45, 2.75) is 13.2 Å². The molecule has 1 aliphatic rings. The van der Waals surface area contributed by atoms with E-state index in [-0.39, 0.29) is 11.6 Å². The van der Waals surface area contributed by atoms with Gasteiger partial charge in [-0.25, -0.2) is 9.79 Å². The SMILES string of the molecule is O=C1OC(c2ccc(Cl)cc2Cl)=N/C1=C\c1ccc(OCc2ccccc2)cc1OCc1ccccc1. The number of hydrogen-bond donors (Lipinski definition) is 0. The minimum Gasteiger partial charge on any atom is -0.489 e. The molecular formula is C30H21Cl2NO4. The van der Waals surface area contributed by atoms with Gasteiger partial charge in [-0.05, 0) is 47.5 Å². The van der Waals surface area contributed by atoms with Crippen molar-refractivity contribution in [3.8, 4) is 11.5 Å². The number of carbonyl (C=O) groups is 1. The molecule has 5 nitrogen and oxygen atoms in total. The zero-order valence-corrected chi connectivity index (χ0v) is 21.1. The van der Waals surface area contributed by atoms with Crippen LogP contribution in [0.15, 0.2) is 108 Å². The number of ether oxygens (including phenoxy) is 3. The third-order valence-electron chi connectivity index (χ3n) is 5.54. The highest BCUT2D eigenvalue weighted by Gasteiger charge is 2.26. The van der Waals surface area contributed by atoms with Gasteiger partial charge >= 0.3 is 5.97 Å². The molecule has 37 heavy (non-hydrogen) atoms. The van der Waals surface area contributed by atoms with Crippen LogP contribution in [0.2, 0.25) is 10.0 Å². The van der Waals surface area contributed by atoms with Gasteiger partial charge in [0, 0.05) is 16.7 Å². The minimum atomic E-state index is -0.584. The molecule has 0 N–H and O–H groups in total. The quantitative estimate of drug-likeness (QED) is 0.175. The summed E-state index contributed by atoms with van der Waals surface area (Å²) < 4.78 is 17.5. The standard InChI is InChI=1S/C30H21Cl2NO4/c31-23-12-14-25(26(32)16-23)29-33-27(30(34)37-29)15-22-11-13-24(35-18-20-7-3-1-4-8-20)17-28(22)36-19-21-9-5-2-6-10-21/h1-17H,18-19H2/b27-15-. The predicted octanol–water partition coefficient (Wildman–Crippen LogP) is 7.50. The van der Waals surface area contributed by atoms with Crippen molar-refractivity contribution in [1.29, 1.82) is 0 Å². The molecule has 5 rings (SSSR count). The molecule has 7 heteroatoms. The van der Waals surface area contributed by atoms with Crippen LogP contribution in [0.4, 0.5) is 0 Å². The molecule has 0 aromatic heterocycles. The van der Waals surface area contributed by atoms with Gasteiger partial charge in [0.2, 0.25) is 5.90 Å². The summed E-state index contributed by atoms with van der Waals surface area (Å²) in [6.07, 6.45) is 1.63. The van der Waals surface area contributed by atoms with E-state index in [0.717, 1.165) is 11.1 Å². The van der Waals surface area contributed by atoms with Crippen molar-refractivity contribution in [1.82, 2.24) is 0 Å². The van der Waals surface area contributed by atoms with E-state index in [4.69, 9.17) is 37.4 Å². The van der Waals surface area contributed by atoms with Crippen LogP contribution in [-0.4, -0.2) is 11.9 Å². The predicted molar refractivity (Wildman–Crippen MR) is 145 cm³/mol. The Balaban J connectivity index is 1.43. The molecule has 0 radical (unpaired) electrons. The van der Waals surface area contributed by atoms with Crippen LogP contribution in [0.25, 0.3) is 6.08 Å². The largest absolute Gasteiger partial charge is 0.489 e. The fourth-order valence-corrected chi connectivity index (χ4v) is 4.15. The molecule has 4 aromatic carbocycles. The Kier molecular flexibility index (Phi) is 7.54. The molecular weight excluding hydrogens is 509 g/mol. The topological polar surface area (TPSA) is 57.1 Å². The zero-order valence-electron chi connectivity index (χ0n) is 19.6. The maximum Gasteiger partial charge on any atom is 0.363 e. The van der Waals surface area contributed by atoms with Crippen LogP contribution in [0.5, 0.6) is 11.5 Å². The first-order valence-corrected chi connectivity index (χ1v) is 12.3. The molecule has 1 heterocycles. The van der Waals surface area contributed by atoms with Crippen LogP contribution in [0.3, 0.4) is 0 Å². The lowest BCUT2D eigenvalue weighted by molar-refractivity contribution is -0.129. The number of carbonyl (C=O) groups excluding carboxylic acids is 1. The Morgan fingerprint density at radius 1 is 0.784 bits per heavy atom. The number of cyclic esters (lactones) is 1. The molecule has 0 saturated heterocycles. The number of esters is 1. The lowest BCUT2D eigenvalue weighted by atomic mass is 10.1. The van der Waals surface area contributed by atoms with E-state index in [1.807, 2.05) is 72.8 Å². The summed E-state index contributed by atoms with van der Waals surface area (Å²) in [6.45, 7) is 0.764. The highest BCUT2D eigenvalue weighted by Crippen LogP contribution is 2.31. The molecule has 1 aliphatic heterocycles. The highest BCUT2D eigenvalue weighted by molar-refractivity contribution is 6.37. The summed E-state index contributed by atoms with van der Waals surface area (Å²) in [7, 11) is 0. The van der Waals surface area contributed by atoms with Crippen molar-refractivity contribution >= 4 is 41.1 Å². The first kappa shape index (κ1) is 24.6. The molecule has 184 valence electrons. The monoisotopic (exact) mass is 529 g/mol. The number of aliphatic imine (C=N–C) groups is 1. The maximum absolute atomic E-state index is 12.6. The van der Waals surface area contributed by atoms with E-state index in [1.54, 1.807) is 30.3 Å². The van der Waals surface area contributed by atoms with E-state index in [0.29, 0.717) is 45.9 Å². The maximum atomic E-state index is 12.6. The van der Waals surface area contributed by atoms with Gasteiger partial charge in [-0.2, -0.15) is 0 Å². The van der Waals surface area contributed by atoms with Crippen molar-refractivity contribution in [3.63, 3.8) is 0 Å². The second kappa shape index (κ2) is 11.3. The minimum absolute atomic E-state index is 0.118. The summed E-state index contributed by atoms with van der Waals surface area (Å²) in [6, 6.07) is 30.1.